The van der Waals surface area contributed by atoms with Gasteiger partial charge in [-0.05, 0) is 17.9 Å². The summed E-state index contributed by atoms with van der Waals surface area (Å²) in [4.78, 5) is 23.7. The second-order valence-corrected chi connectivity index (χ2v) is 4.20. The Morgan fingerprint density at radius 3 is 2.75 bits per heavy atom. The molecule has 84 valence electrons. The highest BCUT2D eigenvalue weighted by Gasteiger charge is 2.38. The maximum atomic E-state index is 12.1. The average Bonchev–Trinajstić information content (AvgIpc) is 2.28. The molecule has 0 saturated heterocycles. The molecule has 3 nitrogen and oxygen atoms in total. The first-order chi connectivity index (χ1) is 7.65. The van der Waals surface area contributed by atoms with Crippen molar-refractivity contribution in [3.63, 3.8) is 0 Å². The number of carbonyl (C=O) groups is 2. The van der Waals surface area contributed by atoms with Gasteiger partial charge in [0.05, 0.1) is 7.11 Å². The van der Waals surface area contributed by atoms with Gasteiger partial charge in [0.25, 0.3) is 0 Å². The molecule has 1 aromatic rings. The minimum absolute atomic E-state index is 0.00912. The van der Waals surface area contributed by atoms with E-state index in [1.54, 1.807) is 6.07 Å². The highest BCUT2D eigenvalue weighted by molar-refractivity contribution is 6.10. The van der Waals surface area contributed by atoms with Crippen LogP contribution in [0.3, 0.4) is 0 Å². The van der Waals surface area contributed by atoms with Gasteiger partial charge in [0.2, 0.25) is 0 Å². The monoisotopic (exact) mass is 218 g/mol. The number of Topliss-reactive ketones (excluding diaryl/α,β-unsaturated/α-hetero) is 1. The van der Waals surface area contributed by atoms with Gasteiger partial charge in [-0.1, -0.05) is 31.2 Å². The summed E-state index contributed by atoms with van der Waals surface area (Å²) in [5.41, 5.74) is 1.69. The number of rotatable bonds is 1. The smallest absolute Gasteiger partial charge is 0.316 e. The molecule has 2 unspecified atom stereocenters. The zero-order valence-corrected chi connectivity index (χ0v) is 9.40. The molecule has 0 N–H and O–H groups in total. The summed E-state index contributed by atoms with van der Waals surface area (Å²) in [7, 11) is 1.32. The van der Waals surface area contributed by atoms with Gasteiger partial charge in [-0.3, -0.25) is 9.59 Å². The largest absolute Gasteiger partial charge is 0.468 e. The minimum Gasteiger partial charge on any atom is -0.468 e. The molecule has 1 aromatic carbocycles. The predicted molar refractivity (Wildman–Crippen MR) is 59.1 cm³/mol. The van der Waals surface area contributed by atoms with Gasteiger partial charge in [0, 0.05) is 5.56 Å². The maximum Gasteiger partial charge on any atom is 0.316 e. The molecule has 0 aromatic heterocycles. The van der Waals surface area contributed by atoms with Crippen molar-refractivity contribution < 1.29 is 14.3 Å². The highest BCUT2D eigenvalue weighted by atomic mass is 16.5. The van der Waals surface area contributed by atoms with E-state index >= 15 is 0 Å². The summed E-state index contributed by atoms with van der Waals surface area (Å²) in [5.74, 6) is -1.16. The number of ketones is 1. The van der Waals surface area contributed by atoms with Crippen molar-refractivity contribution in [2.45, 2.75) is 13.3 Å². The standard InChI is InChI=1S/C13H14O3/c1-8-7-9-5-3-4-6-10(9)12(14)11(8)13(15)16-2/h3-6,8,11H,7H2,1-2H3. The number of esters is 1. The van der Waals surface area contributed by atoms with E-state index < -0.39 is 11.9 Å². The summed E-state index contributed by atoms with van der Waals surface area (Å²) >= 11 is 0. The molecule has 0 bridgehead atoms. The summed E-state index contributed by atoms with van der Waals surface area (Å²) in [6.45, 7) is 1.91. The first-order valence-electron chi connectivity index (χ1n) is 5.35. The third kappa shape index (κ3) is 1.62. The number of benzene rings is 1. The third-order valence-corrected chi connectivity index (χ3v) is 3.13. The normalized spacial score (nSPS) is 23.8. The van der Waals surface area contributed by atoms with Crippen molar-refractivity contribution >= 4 is 11.8 Å². The number of fused-ring (bicyclic) bond motifs is 1. The second-order valence-electron chi connectivity index (χ2n) is 4.20. The number of hydrogen-bond donors (Lipinski definition) is 0. The minimum atomic E-state index is -0.639. The van der Waals surface area contributed by atoms with Crippen LogP contribution in [0.15, 0.2) is 24.3 Å². The summed E-state index contributed by atoms with van der Waals surface area (Å²) < 4.78 is 4.69. The number of carbonyl (C=O) groups excluding carboxylic acids is 2. The van der Waals surface area contributed by atoms with Crippen LogP contribution in [0.2, 0.25) is 0 Å². The Bertz CT molecular complexity index is 437. The lowest BCUT2D eigenvalue weighted by molar-refractivity contribution is -0.145. The van der Waals surface area contributed by atoms with Crippen molar-refractivity contribution in [2.75, 3.05) is 7.11 Å². The Labute approximate surface area is 94.4 Å². The van der Waals surface area contributed by atoms with Crippen molar-refractivity contribution in [2.24, 2.45) is 11.8 Å². The van der Waals surface area contributed by atoms with E-state index in [0.29, 0.717) is 5.56 Å². The molecule has 0 saturated carbocycles. The van der Waals surface area contributed by atoms with Crippen molar-refractivity contribution in [3.8, 4) is 0 Å². The molecule has 2 atom stereocenters. The molecule has 0 amide bonds. The van der Waals surface area contributed by atoms with Gasteiger partial charge in [-0.2, -0.15) is 0 Å². The van der Waals surface area contributed by atoms with Gasteiger partial charge in [0.1, 0.15) is 5.92 Å². The Kier molecular flexibility index (Phi) is 2.77. The average molecular weight is 218 g/mol. The van der Waals surface area contributed by atoms with Gasteiger partial charge in [-0.25, -0.2) is 0 Å². The van der Waals surface area contributed by atoms with Crippen molar-refractivity contribution in [1.82, 2.24) is 0 Å². The van der Waals surface area contributed by atoms with Gasteiger partial charge in [-0.15, -0.1) is 0 Å². The number of methoxy groups -OCH3 is 1. The van der Waals surface area contributed by atoms with Crippen LogP contribution >= 0.6 is 0 Å². The molecule has 0 radical (unpaired) electrons. The van der Waals surface area contributed by atoms with Crippen LogP contribution in [0, 0.1) is 11.8 Å². The Morgan fingerprint density at radius 1 is 1.38 bits per heavy atom. The summed E-state index contributed by atoms with van der Waals surface area (Å²) in [6.07, 6.45) is 0.752. The fourth-order valence-corrected chi connectivity index (χ4v) is 2.30. The fourth-order valence-electron chi connectivity index (χ4n) is 2.30. The first kappa shape index (κ1) is 10.9. The molecular formula is C13H14O3. The van der Waals surface area contributed by atoms with Crippen LogP contribution in [0.4, 0.5) is 0 Å². The molecule has 0 fully saturated rings. The SMILES string of the molecule is COC(=O)C1C(=O)c2ccccc2CC1C. The Balaban J connectivity index is 2.42. The lowest BCUT2D eigenvalue weighted by Gasteiger charge is -2.27. The van der Waals surface area contributed by atoms with Gasteiger partial charge < -0.3 is 4.74 Å². The predicted octanol–water partition coefficient (Wildman–Crippen LogP) is 1.85. The quantitative estimate of drug-likeness (QED) is 0.533. The summed E-state index contributed by atoms with van der Waals surface area (Å²) in [5, 5.41) is 0. The van der Waals surface area contributed by atoms with E-state index in [9.17, 15) is 9.59 Å². The molecule has 1 aliphatic carbocycles. The van der Waals surface area contributed by atoms with E-state index in [0.717, 1.165) is 12.0 Å². The lowest BCUT2D eigenvalue weighted by atomic mass is 9.76. The van der Waals surface area contributed by atoms with E-state index in [4.69, 9.17) is 0 Å². The molecule has 1 aliphatic rings. The molecule has 16 heavy (non-hydrogen) atoms. The first-order valence-corrected chi connectivity index (χ1v) is 5.35. The Morgan fingerprint density at radius 2 is 2.06 bits per heavy atom. The van der Waals surface area contributed by atoms with E-state index in [-0.39, 0.29) is 11.7 Å². The van der Waals surface area contributed by atoms with Crippen LogP contribution < -0.4 is 0 Å². The fraction of sp³-hybridized carbons (Fsp3) is 0.385. The van der Waals surface area contributed by atoms with Crippen LogP contribution in [0.1, 0.15) is 22.8 Å². The Hall–Kier alpha value is -1.64. The molecule has 2 rings (SSSR count). The third-order valence-electron chi connectivity index (χ3n) is 3.13. The maximum absolute atomic E-state index is 12.1. The van der Waals surface area contributed by atoms with Crippen molar-refractivity contribution in [1.29, 1.82) is 0 Å². The van der Waals surface area contributed by atoms with Crippen LogP contribution in [-0.2, 0) is 16.0 Å². The van der Waals surface area contributed by atoms with Gasteiger partial charge >= 0.3 is 5.97 Å². The van der Waals surface area contributed by atoms with Gasteiger partial charge in [0.15, 0.2) is 5.78 Å². The molecule has 0 spiro atoms. The second kappa shape index (κ2) is 4.08. The zero-order chi connectivity index (χ0) is 11.7. The van der Waals surface area contributed by atoms with Crippen LogP contribution in [0.5, 0.6) is 0 Å². The zero-order valence-electron chi connectivity index (χ0n) is 9.40. The lowest BCUT2D eigenvalue weighted by Crippen LogP contribution is -2.36. The summed E-state index contributed by atoms with van der Waals surface area (Å²) in [6, 6.07) is 7.45. The van der Waals surface area contributed by atoms with E-state index in [1.807, 2.05) is 25.1 Å². The number of hydrogen-bond acceptors (Lipinski definition) is 3. The molecule has 0 heterocycles. The highest BCUT2D eigenvalue weighted by Crippen LogP contribution is 2.30. The molecule has 3 heteroatoms. The number of ether oxygens (including phenoxy) is 1. The van der Waals surface area contributed by atoms with Crippen molar-refractivity contribution in [3.05, 3.63) is 35.4 Å². The molecule has 0 aliphatic heterocycles. The van der Waals surface area contributed by atoms with Crippen LogP contribution in [-0.4, -0.2) is 18.9 Å². The topological polar surface area (TPSA) is 43.4 Å². The van der Waals surface area contributed by atoms with E-state index in [1.165, 1.54) is 7.11 Å². The molecular weight excluding hydrogens is 204 g/mol. The van der Waals surface area contributed by atoms with E-state index in [2.05, 4.69) is 4.74 Å². The van der Waals surface area contributed by atoms with Crippen LogP contribution in [0.25, 0.3) is 0 Å².